The molecule has 3 rings (SSSR count). The highest BCUT2D eigenvalue weighted by atomic mass is 19.4. The summed E-state index contributed by atoms with van der Waals surface area (Å²) in [6, 6.07) is 8.08. The second-order valence-electron chi connectivity index (χ2n) is 7.25. The summed E-state index contributed by atoms with van der Waals surface area (Å²) in [5.74, 6) is 1.31. The van der Waals surface area contributed by atoms with E-state index in [1.165, 1.54) is 12.1 Å². The van der Waals surface area contributed by atoms with Gasteiger partial charge in [0.05, 0.1) is 25.8 Å². The number of methoxy groups -OCH3 is 2. The first kappa shape index (κ1) is 21.8. The summed E-state index contributed by atoms with van der Waals surface area (Å²) in [7, 11) is 3.17. The van der Waals surface area contributed by atoms with Gasteiger partial charge in [-0.3, -0.25) is 0 Å². The Bertz CT molecular complexity index is 863. The maximum Gasteiger partial charge on any atom is 0.416 e. The fourth-order valence-electron chi connectivity index (χ4n) is 3.57. The number of alkyl halides is 3. The zero-order valence-electron chi connectivity index (χ0n) is 17.2. The number of hydrogen-bond acceptors (Lipinski definition) is 3. The Hall–Kier alpha value is -2.90. The topological polar surface area (TPSA) is 50.8 Å². The van der Waals surface area contributed by atoms with Crippen molar-refractivity contribution in [1.29, 1.82) is 0 Å². The van der Waals surface area contributed by atoms with Crippen LogP contribution in [0.3, 0.4) is 0 Å². The molecule has 0 aliphatic carbocycles. The van der Waals surface area contributed by atoms with Crippen LogP contribution >= 0.6 is 0 Å². The first-order chi connectivity index (χ1) is 14.2. The van der Waals surface area contributed by atoms with Crippen LogP contribution in [0.1, 0.15) is 35.2 Å². The van der Waals surface area contributed by atoms with Crippen molar-refractivity contribution in [1.82, 2.24) is 10.2 Å². The first-order valence-corrected chi connectivity index (χ1v) is 9.69. The van der Waals surface area contributed by atoms with Crippen molar-refractivity contribution in [3.05, 3.63) is 58.7 Å². The lowest BCUT2D eigenvalue weighted by atomic mass is 10.0. The number of benzene rings is 2. The van der Waals surface area contributed by atoms with Gasteiger partial charge < -0.3 is 19.7 Å². The number of nitrogens with zero attached hydrogens (tertiary/aromatic N) is 1. The van der Waals surface area contributed by atoms with Gasteiger partial charge in [0.1, 0.15) is 0 Å². The van der Waals surface area contributed by atoms with Gasteiger partial charge in [-0.05, 0) is 60.7 Å². The summed E-state index contributed by atoms with van der Waals surface area (Å²) in [4.78, 5) is 14.5. The van der Waals surface area contributed by atoms with E-state index in [0.717, 1.165) is 23.3 Å². The number of ether oxygens (including phenoxy) is 2. The van der Waals surface area contributed by atoms with Gasteiger partial charge in [0.15, 0.2) is 11.5 Å². The lowest BCUT2D eigenvalue weighted by molar-refractivity contribution is -0.137. The number of nitrogens with one attached hydrogen (secondary N) is 1. The molecule has 0 aromatic heterocycles. The molecule has 5 nitrogen and oxygen atoms in total. The molecule has 2 aromatic rings. The lowest BCUT2D eigenvalue weighted by Gasteiger charge is -2.24. The van der Waals surface area contributed by atoms with Crippen molar-refractivity contribution in [2.75, 3.05) is 27.3 Å². The molecule has 30 heavy (non-hydrogen) atoms. The number of halogens is 3. The molecule has 1 aliphatic heterocycles. The molecule has 0 unspecified atom stereocenters. The SMILES string of the molecule is COc1cc2c(cc1OC)CCN(C(=O)N[C@@H](C)c1ccc(C(F)(F)F)cc1)CC2. The smallest absolute Gasteiger partial charge is 0.416 e. The second-order valence-corrected chi connectivity index (χ2v) is 7.25. The summed E-state index contributed by atoms with van der Waals surface area (Å²) >= 11 is 0. The van der Waals surface area contributed by atoms with Crippen LogP contribution in [-0.4, -0.2) is 38.2 Å². The van der Waals surface area contributed by atoms with Gasteiger partial charge >= 0.3 is 12.2 Å². The van der Waals surface area contributed by atoms with Gasteiger partial charge in [-0.1, -0.05) is 12.1 Å². The molecule has 162 valence electrons. The Kier molecular flexibility index (Phi) is 6.43. The van der Waals surface area contributed by atoms with E-state index in [4.69, 9.17) is 9.47 Å². The van der Waals surface area contributed by atoms with Gasteiger partial charge in [-0.2, -0.15) is 13.2 Å². The van der Waals surface area contributed by atoms with E-state index in [1.54, 1.807) is 26.0 Å². The zero-order valence-corrected chi connectivity index (χ0v) is 17.2. The van der Waals surface area contributed by atoms with E-state index in [9.17, 15) is 18.0 Å². The van der Waals surface area contributed by atoms with Crippen LogP contribution in [0.4, 0.5) is 18.0 Å². The van der Waals surface area contributed by atoms with Gasteiger partial charge in [0.2, 0.25) is 0 Å². The van der Waals surface area contributed by atoms with E-state index in [-0.39, 0.29) is 6.03 Å². The van der Waals surface area contributed by atoms with Crippen molar-refractivity contribution in [3.63, 3.8) is 0 Å². The number of urea groups is 1. The Balaban J connectivity index is 1.65. The van der Waals surface area contributed by atoms with Crippen molar-refractivity contribution in [2.24, 2.45) is 0 Å². The Morgan fingerprint density at radius 2 is 1.50 bits per heavy atom. The van der Waals surface area contributed by atoms with Crippen molar-refractivity contribution in [2.45, 2.75) is 32.0 Å². The molecule has 8 heteroatoms. The fraction of sp³-hybridized carbons (Fsp3) is 0.409. The summed E-state index contributed by atoms with van der Waals surface area (Å²) < 4.78 is 48.9. The zero-order chi connectivity index (χ0) is 21.9. The summed E-state index contributed by atoms with van der Waals surface area (Å²) in [5, 5.41) is 2.88. The van der Waals surface area contributed by atoms with E-state index in [2.05, 4.69) is 5.32 Å². The van der Waals surface area contributed by atoms with Crippen LogP contribution in [0.15, 0.2) is 36.4 Å². The van der Waals surface area contributed by atoms with E-state index in [1.807, 2.05) is 12.1 Å². The number of fused-ring (bicyclic) bond motifs is 1. The minimum atomic E-state index is -4.38. The molecule has 1 atom stereocenters. The van der Waals surface area contributed by atoms with Gasteiger partial charge in [-0.15, -0.1) is 0 Å². The summed E-state index contributed by atoms with van der Waals surface area (Å²) in [6.45, 7) is 2.82. The van der Waals surface area contributed by atoms with Crippen molar-refractivity contribution >= 4 is 6.03 Å². The number of hydrogen-bond donors (Lipinski definition) is 1. The van der Waals surface area contributed by atoms with Gasteiger partial charge in [0, 0.05) is 13.1 Å². The maximum absolute atomic E-state index is 12.7. The first-order valence-electron chi connectivity index (χ1n) is 9.69. The van der Waals surface area contributed by atoms with Crippen LogP contribution in [0.5, 0.6) is 11.5 Å². The van der Waals surface area contributed by atoms with Crippen molar-refractivity contribution < 1.29 is 27.4 Å². The molecule has 1 N–H and O–H groups in total. The predicted molar refractivity (Wildman–Crippen MR) is 107 cm³/mol. The average molecular weight is 422 g/mol. The Morgan fingerprint density at radius 3 is 1.93 bits per heavy atom. The Morgan fingerprint density at radius 1 is 1.00 bits per heavy atom. The number of amides is 2. The predicted octanol–water partition coefficient (Wildman–Crippen LogP) is 4.59. The summed E-state index contributed by atoms with van der Waals surface area (Å²) in [6.07, 6.45) is -3.02. The molecule has 1 heterocycles. The van der Waals surface area contributed by atoms with Crippen LogP contribution in [0.25, 0.3) is 0 Å². The van der Waals surface area contributed by atoms with Gasteiger partial charge in [0.25, 0.3) is 0 Å². The van der Waals surface area contributed by atoms with Crippen LogP contribution < -0.4 is 14.8 Å². The standard InChI is InChI=1S/C22H25F3N2O3/c1-14(15-4-6-18(7-5-15)22(23,24)25)26-21(28)27-10-8-16-12-19(29-2)20(30-3)13-17(16)9-11-27/h4-7,12-14H,8-11H2,1-3H3,(H,26,28)/t14-/m0/s1. The third-order valence-corrected chi connectivity index (χ3v) is 5.37. The molecule has 0 fully saturated rings. The third-order valence-electron chi connectivity index (χ3n) is 5.37. The van der Waals surface area contributed by atoms with E-state index in [0.29, 0.717) is 43.0 Å². The molecule has 2 amide bonds. The normalized spacial score (nSPS) is 15.1. The highest BCUT2D eigenvalue weighted by Gasteiger charge is 2.30. The van der Waals surface area contributed by atoms with E-state index < -0.39 is 17.8 Å². The number of rotatable bonds is 4. The molecule has 0 saturated heterocycles. The largest absolute Gasteiger partial charge is 0.493 e. The molecule has 0 radical (unpaired) electrons. The molecule has 2 aromatic carbocycles. The minimum absolute atomic E-state index is 0.242. The lowest BCUT2D eigenvalue weighted by Crippen LogP contribution is -2.42. The maximum atomic E-state index is 12.7. The summed E-state index contributed by atoms with van der Waals surface area (Å²) in [5.41, 5.74) is 2.13. The van der Waals surface area contributed by atoms with Gasteiger partial charge in [-0.25, -0.2) is 4.79 Å². The second kappa shape index (κ2) is 8.85. The molecular weight excluding hydrogens is 397 g/mol. The number of carbonyl (C=O) groups excluding carboxylic acids is 1. The third kappa shape index (κ3) is 4.80. The monoisotopic (exact) mass is 422 g/mol. The van der Waals surface area contributed by atoms with E-state index >= 15 is 0 Å². The minimum Gasteiger partial charge on any atom is -0.493 e. The molecular formula is C22H25F3N2O3. The average Bonchev–Trinajstić information content (AvgIpc) is 2.94. The van der Waals surface area contributed by atoms with Crippen LogP contribution in [0, 0.1) is 0 Å². The quantitative estimate of drug-likeness (QED) is 0.784. The highest BCUT2D eigenvalue weighted by molar-refractivity contribution is 5.75. The highest BCUT2D eigenvalue weighted by Crippen LogP contribution is 2.32. The Labute approximate surface area is 173 Å². The number of carbonyl (C=O) groups is 1. The molecule has 0 saturated carbocycles. The molecule has 0 bridgehead atoms. The van der Waals surface area contributed by atoms with Crippen LogP contribution in [0.2, 0.25) is 0 Å². The van der Waals surface area contributed by atoms with Crippen molar-refractivity contribution in [3.8, 4) is 11.5 Å². The molecule has 0 spiro atoms. The fourth-order valence-corrected chi connectivity index (χ4v) is 3.57. The molecule has 1 aliphatic rings. The van der Waals surface area contributed by atoms with Crippen LogP contribution in [-0.2, 0) is 19.0 Å².